The van der Waals surface area contributed by atoms with Gasteiger partial charge in [-0.05, 0) is 33.6 Å². The molecule has 0 spiro atoms. The number of esters is 1. The molecular formula is C16H34O7Si. The summed E-state index contributed by atoms with van der Waals surface area (Å²) in [6, 6.07) is 0.718. The van der Waals surface area contributed by atoms with E-state index in [-0.39, 0.29) is 12.6 Å². The average Bonchev–Trinajstić information content (AvgIpc) is 2.56. The molecule has 0 atom stereocenters. The smallest absolute Gasteiger partial charge is 0.463 e. The van der Waals surface area contributed by atoms with Gasteiger partial charge in [-0.15, -0.1) is 0 Å². The van der Waals surface area contributed by atoms with Crippen LogP contribution in [-0.4, -0.2) is 68.1 Å². The molecule has 7 nitrogen and oxygen atoms in total. The first kappa shape index (κ1) is 23.5. The van der Waals surface area contributed by atoms with Gasteiger partial charge in [-0.25, -0.2) is 0 Å². The van der Waals surface area contributed by atoms with Gasteiger partial charge in [-0.3, -0.25) is 4.79 Å². The SMILES string of the molecule is CCO[Si](CCCCC(=O)OCCOCCOC)(OCC)OCC. The summed E-state index contributed by atoms with van der Waals surface area (Å²) in [4.78, 5) is 11.6. The number of methoxy groups -OCH3 is 1. The normalized spacial score (nSPS) is 11.7. The minimum absolute atomic E-state index is 0.207. The van der Waals surface area contributed by atoms with E-state index < -0.39 is 8.80 Å². The summed E-state index contributed by atoms with van der Waals surface area (Å²) in [5.41, 5.74) is 0. The highest BCUT2D eigenvalue weighted by Gasteiger charge is 2.39. The number of unbranched alkanes of at least 4 members (excludes halogenated alkanes) is 1. The summed E-state index contributed by atoms with van der Waals surface area (Å²) in [5.74, 6) is -0.207. The Balaban J connectivity index is 3.87. The molecule has 0 N–H and O–H groups in total. The summed E-state index contributed by atoms with van der Waals surface area (Å²) in [5, 5.41) is 0. The van der Waals surface area contributed by atoms with Crippen LogP contribution in [0, 0.1) is 0 Å². The summed E-state index contributed by atoms with van der Waals surface area (Å²) in [7, 11) is -0.981. The second-order valence-corrected chi connectivity index (χ2v) is 7.75. The van der Waals surface area contributed by atoms with Crippen LogP contribution >= 0.6 is 0 Å². The standard InChI is InChI=1S/C16H34O7Si/c1-5-21-24(22-6-2,23-7-3)15-9-8-10-16(17)20-14-13-19-12-11-18-4/h5-15H2,1-4H3. The third kappa shape index (κ3) is 11.9. The van der Waals surface area contributed by atoms with Gasteiger partial charge in [0, 0.05) is 39.4 Å². The monoisotopic (exact) mass is 366 g/mol. The number of carbonyl (C=O) groups excluding carboxylic acids is 1. The third-order valence-corrected chi connectivity index (χ3v) is 6.28. The van der Waals surface area contributed by atoms with Crippen molar-refractivity contribution in [1.82, 2.24) is 0 Å². The average molecular weight is 367 g/mol. The predicted molar refractivity (Wildman–Crippen MR) is 92.9 cm³/mol. The molecule has 24 heavy (non-hydrogen) atoms. The molecule has 0 aromatic heterocycles. The van der Waals surface area contributed by atoms with Crippen LogP contribution in [0.1, 0.15) is 40.0 Å². The van der Waals surface area contributed by atoms with Crippen LogP contribution in [0.4, 0.5) is 0 Å². The van der Waals surface area contributed by atoms with E-state index in [9.17, 15) is 4.79 Å². The van der Waals surface area contributed by atoms with Crippen molar-refractivity contribution in [2.24, 2.45) is 0 Å². The molecule has 0 radical (unpaired) electrons. The highest BCUT2D eigenvalue weighted by atomic mass is 28.4. The fourth-order valence-corrected chi connectivity index (χ4v) is 4.83. The maximum Gasteiger partial charge on any atom is 0.500 e. The number of carbonyl (C=O) groups is 1. The van der Waals surface area contributed by atoms with E-state index in [1.807, 2.05) is 20.8 Å². The number of rotatable bonds is 17. The van der Waals surface area contributed by atoms with E-state index >= 15 is 0 Å². The first-order valence-corrected chi connectivity index (χ1v) is 10.7. The zero-order valence-corrected chi connectivity index (χ0v) is 16.6. The van der Waals surface area contributed by atoms with Gasteiger partial charge in [0.2, 0.25) is 0 Å². The van der Waals surface area contributed by atoms with E-state index in [0.717, 1.165) is 18.9 Å². The molecule has 0 saturated carbocycles. The molecule has 0 rings (SSSR count). The first-order valence-electron chi connectivity index (χ1n) is 8.78. The lowest BCUT2D eigenvalue weighted by atomic mass is 10.2. The Kier molecular flexibility index (Phi) is 15.6. The van der Waals surface area contributed by atoms with Gasteiger partial charge in [0.1, 0.15) is 6.61 Å². The Bertz CT molecular complexity index is 285. The van der Waals surface area contributed by atoms with Crippen LogP contribution in [0.15, 0.2) is 0 Å². The lowest BCUT2D eigenvalue weighted by Gasteiger charge is -2.28. The lowest BCUT2D eigenvalue weighted by Crippen LogP contribution is -2.45. The highest BCUT2D eigenvalue weighted by Crippen LogP contribution is 2.20. The van der Waals surface area contributed by atoms with Gasteiger partial charge in [0.05, 0.1) is 19.8 Å². The zero-order chi connectivity index (χ0) is 18.1. The summed E-state index contributed by atoms with van der Waals surface area (Å²) in [6.07, 6.45) is 1.92. The largest absolute Gasteiger partial charge is 0.500 e. The molecule has 0 heterocycles. The van der Waals surface area contributed by atoms with Crippen LogP contribution in [0.5, 0.6) is 0 Å². The van der Waals surface area contributed by atoms with Crippen molar-refractivity contribution in [3.05, 3.63) is 0 Å². The Morgan fingerprint density at radius 2 is 1.42 bits per heavy atom. The second-order valence-electron chi connectivity index (χ2n) is 5.01. The van der Waals surface area contributed by atoms with Crippen molar-refractivity contribution < 1.29 is 32.3 Å². The molecule has 0 fully saturated rings. The number of hydrogen-bond donors (Lipinski definition) is 0. The molecule has 0 amide bonds. The third-order valence-electron chi connectivity index (χ3n) is 3.13. The molecule has 0 aliphatic heterocycles. The Hall–Kier alpha value is -0.513. The molecule has 0 aromatic carbocycles. The number of hydrogen-bond acceptors (Lipinski definition) is 7. The second kappa shape index (κ2) is 16.0. The van der Waals surface area contributed by atoms with Gasteiger partial charge in [0.25, 0.3) is 0 Å². The van der Waals surface area contributed by atoms with Gasteiger partial charge in [0.15, 0.2) is 0 Å². The van der Waals surface area contributed by atoms with E-state index in [4.69, 9.17) is 27.5 Å². The summed E-state index contributed by atoms with van der Waals surface area (Å²) in [6.45, 7) is 9.23. The van der Waals surface area contributed by atoms with Gasteiger partial charge >= 0.3 is 14.8 Å². The van der Waals surface area contributed by atoms with Crippen molar-refractivity contribution in [2.75, 3.05) is 53.4 Å². The van der Waals surface area contributed by atoms with Crippen molar-refractivity contribution in [3.8, 4) is 0 Å². The van der Waals surface area contributed by atoms with Crippen molar-refractivity contribution >= 4 is 14.8 Å². The van der Waals surface area contributed by atoms with Crippen molar-refractivity contribution in [1.29, 1.82) is 0 Å². The Morgan fingerprint density at radius 3 is 1.96 bits per heavy atom. The van der Waals surface area contributed by atoms with Gasteiger partial charge in [-0.2, -0.15) is 0 Å². The van der Waals surface area contributed by atoms with Crippen LogP contribution in [0.3, 0.4) is 0 Å². The van der Waals surface area contributed by atoms with E-state index in [0.29, 0.717) is 46.1 Å². The first-order chi connectivity index (χ1) is 11.6. The molecule has 0 aromatic rings. The molecule has 0 aliphatic rings. The quantitative estimate of drug-likeness (QED) is 0.222. The van der Waals surface area contributed by atoms with Gasteiger partial charge in [-0.1, -0.05) is 0 Å². The maximum atomic E-state index is 11.6. The fraction of sp³-hybridized carbons (Fsp3) is 0.938. The predicted octanol–water partition coefficient (Wildman–Crippen LogP) is 2.41. The van der Waals surface area contributed by atoms with E-state index in [2.05, 4.69) is 0 Å². The topological polar surface area (TPSA) is 72.5 Å². The molecular weight excluding hydrogens is 332 g/mol. The minimum atomic E-state index is -2.60. The van der Waals surface area contributed by atoms with E-state index in [1.54, 1.807) is 7.11 Å². The molecule has 0 aliphatic carbocycles. The molecule has 0 saturated heterocycles. The van der Waals surface area contributed by atoms with Gasteiger partial charge < -0.3 is 27.5 Å². The van der Waals surface area contributed by atoms with Crippen LogP contribution in [0.2, 0.25) is 6.04 Å². The fourth-order valence-electron chi connectivity index (χ4n) is 2.14. The van der Waals surface area contributed by atoms with Crippen LogP contribution in [0.25, 0.3) is 0 Å². The molecule has 8 heteroatoms. The summed E-state index contributed by atoms with van der Waals surface area (Å²) >= 11 is 0. The Labute approximate surface area is 147 Å². The zero-order valence-electron chi connectivity index (χ0n) is 15.6. The highest BCUT2D eigenvalue weighted by molar-refractivity contribution is 6.60. The number of ether oxygens (including phenoxy) is 3. The van der Waals surface area contributed by atoms with Crippen LogP contribution < -0.4 is 0 Å². The minimum Gasteiger partial charge on any atom is -0.463 e. The van der Waals surface area contributed by atoms with Crippen molar-refractivity contribution in [2.45, 2.75) is 46.1 Å². The molecule has 0 bridgehead atoms. The maximum absolute atomic E-state index is 11.6. The van der Waals surface area contributed by atoms with Crippen LogP contribution in [-0.2, 0) is 32.3 Å². The summed E-state index contributed by atoms with van der Waals surface area (Å²) < 4.78 is 32.5. The molecule has 0 unspecified atom stereocenters. The van der Waals surface area contributed by atoms with Crippen molar-refractivity contribution in [3.63, 3.8) is 0 Å². The molecule has 144 valence electrons. The Morgan fingerprint density at radius 1 is 0.833 bits per heavy atom. The lowest BCUT2D eigenvalue weighted by molar-refractivity contribution is -0.145. The van der Waals surface area contributed by atoms with E-state index in [1.165, 1.54) is 0 Å².